The summed E-state index contributed by atoms with van der Waals surface area (Å²) in [5.74, 6) is 0.927. The fraction of sp³-hybridized carbons (Fsp3) is 0.600. The first-order valence-electron chi connectivity index (χ1n) is 6.65. The second-order valence-electron chi connectivity index (χ2n) is 5.13. The molecule has 1 N–H and O–H groups in total. The summed E-state index contributed by atoms with van der Waals surface area (Å²) in [7, 11) is 3.49. The molecule has 1 aliphatic heterocycles. The number of benzene rings is 1. The zero-order valence-corrected chi connectivity index (χ0v) is 11.4. The van der Waals surface area contributed by atoms with Gasteiger partial charge in [-0.3, -0.25) is 0 Å². The largest absolute Gasteiger partial charge is 0.497 e. The molecule has 1 aromatic carbocycles. The van der Waals surface area contributed by atoms with Crippen LogP contribution in [0.3, 0.4) is 0 Å². The topological polar surface area (TPSA) is 30.5 Å². The molecule has 1 heterocycles. The second kappa shape index (κ2) is 6.21. The highest BCUT2D eigenvalue weighted by molar-refractivity contribution is 5.29. The van der Waals surface area contributed by atoms with E-state index in [0.717, 1.165) is 25.3 Å². The van der Waals surface area contributed by atoms with Gasteiger partial charge in [0.25, 0.3) is 0 Å². The third-order valence-corrected chi connectivity index (χ3v) is 3.68. The summed E-state index contributed by atoms with van der Waals surface area (Å²) in [6.07, 6.45) is 4.72. The van der Waals surface area contributed by atoms with Crippen LogP contribution in [-0.4, -0.2) is 32.9 Å². The molecule has 18 heavy (non-hydrogen) atoms. The number of ether oxygens (including phenoxy) is 2. The summed E-state index contributed by atoms with van der Waals surface area (Å²) in [6.45, 7) is 1.86. The van der Waals surface area contributed by atoms with Crippen molar-refractivity contribution in [2.45, 2.75) is 31.2 Å². The van der Waals surface area contributed by atoms with Crippen molar-refractivity contribution in [3.8, 4) is 5.75 Å². The molecule has 0 saturated carbocycles. The molecular weight excluding hydrogens is 226 g/mol. The third kappa shape index (κ3) is 3.24. The van der Waals surface area contributed by atoms with Gasteiger partial charge in [0, 0.05) is 12.6 Å². The minimum atomic E-state index is 0.0966. The molecule has 0 amide bonds. The predicted molar refractivity (Wildman–Crippen MR) is 73.2 cm³/mol. The van der Waals surface area contributed by atoms with Crippen molar-refractivity contribution in [1.29, 1.82) is 0 Å². The monoisotopic (exact) mass is 249 g/mol. The van der Waals surface area contributed by atoms with Crippen LogP contribution in [-0.2, 0) is 11.2 Å². The van der Waals surface area contributed by atoms with Crippen LogP contribution in [0.15, 0.2) is 24.3 Å². The quantitative estimate of drug-likeness (QED) is 0.869. The Bertz CT molecular complexity index is 367. The summed E-state index contributed by atoms with van der Waals surface area (Å²) < 4.78 is 10.7. The molecule has 3 nitrogen and oxygen atoms in total. The van der Waals surface area contributed by atoms with Gasteiger partial charge in [0.2, 0.25) is 0 Å². The van der Waals surface area contributed by atoms with Gasteiger partial charge in [0.15, 0.2) is 0 Å². The minimum absolute atomic E-state index is 0.0966. The van der Waals surface area contributed by atoms with E-state index in [-0.39, 0.29) is 5.54 Å². The van der Waals surface area contributed by atoms with Crippen LogP contribution in [0.25, 0.3) is 0 Å². The standard InChI is InChI=1S/C15H23NO2/c1-17-12-15(8-3-4-9-16-15)11-13-6-5-7-14(10-13)18-2/h5-7,10,16H,3-4,8-9,11-12H2,1-2H3. The molecule has 3 heteroatoms. The van der Waals surface area contributed by atoms with Crippen molar-refractivity contribution in [1.82, 2.24) is 5.32 Å². The summed E-state index contributed by atoms with van der Waals surface area (Å²) >= 11 is 0. The van der Waals surface area contributed by atoms with Crippen LogP contribution in [0, 0.1) is 0 Å². The van der Waals surface area contributed by atoms with Gasteiger partial charge in [-0.1, -0.05) is 18.6 Å². The number of rotatable bonds is 5. The molecule has 1 atom stereocenters. The molecule has 1 aliphatic rings. The van der Waals surface area contributed by atoms with Gasteiger partial charge in [-0.15, -0.1) is 0 Å². The van der Waals surface area contributed by atoms with Crippen LogP contribution in [0.2, 0.25) is 0 Å². The molecule has 1 unspecified atom stereocenters. The molecule has 0 aromatic heterocycles. The zero-order chi connectivity index (χ0) is 12.8. The van der Waals surface area contributed by atoms with Crippen LogP contribution in [0.4, 0.5) is 0 Å². The van der Waals surface area contributed by atoms with E-state index in [1.807, 2.05) is 6.07 Å². The lowest BCUT2D eigenvalue weighted by atomic mass is 9.84. The maximum atomic E-state index is 5.42. The van der Waals surface area contributed by atoms with Crippen molar-refractivity contribution in [3.05, 3.63) is 29.8 Å². The Hall–Kier alpha value is -1.06. The first-order chi connectivity index (χ1) is 8.78. The van der Waals surface area contributed by atoms with Crippen molar-refractivity contribution >= 4 is 0 Å². The highest BCUT2D eigenvalue weighted by Gasteiger charge is 2.31. The van der Waals surface area contributed by atoms with Crippen molar-refractivity contribution in [2.24, 2.45) is 0 Å². The first-order valence-corrected chi connectivity index (χ1v) is 6.65. The number of hydrogen-bond donors (Lipinski definition) is 1. The Kier molecular flexibility index (Phi) is 4.61. The molecule has 100 valence electrons. The first kappa shape index (κ1) is 13.4. The highest BCUT2D eigenvalue weighted by Crippen LogP contribution is 2.25. The van der Waals surface area contributed by atoms with E-state index >= 15 is 0 Å². The van der Waals surface area contributed by atoms with Crippen LogP contribution >= 0.6 is 0 Å². The maximum Gasteiger partial charge on any atom is 0.119 e. The Morgan fingerprint density at radius 1 is 1.28 bits per heavy atom. The van der Waals surface area contributed by atoms with Gasteiger partial charge in [0.05, 0.1) is 13.7 Å². The molecule has 0 spiro atoms. The lowest BCUT2D eigenvalue weighted by Crippen LogP contribution is -2.53. The van der Waals surface area contributed by atoms with Gasteiger partial charge in [-0.2, -0.15) is 0 Å². The fourth-order valence-corrected chi connectivity index (χ4v) is 2.80. The molecular formula is C15H23NO2. The van der Waals surface area contributed by atoms with Gasteiger partial charge in [-0.25, -0.2) is 0 Å². The van der Waals surface area contributed by atoms with Gasteiger partial charge in [-0.05, 0) is 43.5 Å². The van der Waals surface area contributed by atoms with Crippen molar-refractivity contribution in [2.75, 3.05) is 27.4 Å². The number of piperidine rings is 1. The van der Waals surface area contributed by atoms with E-state index in [1.54, 1.807) is 14.2 Å². The van der Waals surface area contributed by atoms with E-state index in [0.29, 0.717) is 0 Å². The van der Waals surface area contributed by atoms with E-state index < -0.39 is 0 Å². The molecule has 0 bridgehead atoms. The second-order valence-corrected chi connectivity index (χ2v) is 5.13. The molecule has 0 radical (unpaired) electrons. The summed E-state index contributed by atoms with van der Waals surface area (Å²) in [6, 6.07) is 8.32. The third-order valence-electron chi connectivity index (χ3n) is 3.68. The van der Waals surface area contributed by atoms with E-state index in [2.05, 4.69) is 23.5 Å². The summed E-state index contributed by atoms with van der Waals surface area (Å²) in [5.41, 5.74) is 1.40. The number of nitrogens with one attached hydrogen (secondary N) is 1. The molecule has 1 fully saturated rings. The van der Waals surface area contributed by atoms with Gasteiger partial charge in [0.1, 0.15) is 5.75 Å². The number of methoxy groups -OCH3 is 2. The predicted octanol–water partition coefficient (Wildman–Crippen LogP) is 2.40. The summed E-state index contributed by atoms with van der Waals surface area (Å²) in [4.78, 5) is 0. The van der Waals surface area contributed by atoms with Crippen molar-refractivity contribution < 1.29 is 9.47 Å². The average Bonchev–Trinajstić information content (AvgIpc) is 2.40. The van der Waals surface area contributed by atoms with E-state index in [9.17, 15) is 0 Å². The van der Waals surface area contributed by atoms with E-state index in [4.69, 9.17) is 9.47 Å². The lowest BCUT2D eigenvalue weighted by Gasteiger charge is -2.38. The van der Waals surface area contributed by atoms with Gasteiger partial charge < -0.3 is 14.8 Å². The Labute approximate surface area is 109 Å². The molecule has 2 rings (SSSR count). The lowest BCUT2D eigenvalue weighted by molar-refractivity contribution is 0.0894. The van der Waals surface area contributed by atoms with E-state index in [1.165, 1.54) is 24.8 Å². The number of hydrogen-bond acceptors (Lipinski definition) is 3. The fourth-order valence-electron chi connectivity index (χ4n) is 2.80. The SMILES string of the molecule is COCC1(Cc2cccc(OC)c2)CCCCN1. The van der Waals surface area contributed by atoms with Crippen LogP contribution in [0.1, 0.15) is 24.8 Å². The van der Waals surface area contributed by atoms with Crippen molar-refractivity contribution in [3.63, 3.8) is 0 Å². The Morgan fingerprint density at radius 2 is 2.17 bits per heavy atom. The maximum absolute atomic E-state index is 5.42. The molecule has 1 aromatic rings. The van der Waals surface area contributed by atoms with Crippen LogP contribution in [0.5, 0.6) is 5.75 Å². The molecule has 0 aliphatic carbocycles. The average molecular weight is 249 g/mol. The Balaban J connectivity index is 2.11. The zero-order valence-electron chi connectivity index (χ0n) is 11.4. The minimum Gasteiger partial charge on any atom is -0.497 e. The summed E-state index contributed by atoms with van der Waals surface area (Å²) in [5, 5.41) is 3.65. The normalized spacial score (nSPS) is 23.9. The van der Waals surface area contributed by atoms with Gasteiger partial charge >= 0.3 is 0 Å². The van der Waals surface area contributed by atoms with Crippen LogP contribution < -0.4 is 10.1 Å². The smallest absolute Gasteiger partial charge is 0.119 e. The highest BCUT2D eigenvalue weighted by atomic mass is 16.5. The molecule has 1 saturated heterocycles. The Morgan fingerprint density at radius 3 is 2.83 bits per heavy atom.